The molecule has 0 spiro atoms. The van der Waals surface area contributed by atoms with Crippen LogP contribution in [0.5, 0.6) is 11.5 Å². The number of ether oxygens (including phenoxy) is 2. The molecule has 0 bridgehead atoms. The van der Waals surface area contributed by atoms with Crippen LogP contribution in [0.25, 0.3) is 6.08 Å². The molecule has 0 aromatic heterocycles. The number of rotatable bonds is 8. The summed E-state index contributed by atoms with van der Waals surface area (Å²) in [6.45, 7) is 0. The molecule has 0 fully saturated rings. The van der Waals surface area contributed by atoms with Crippen molar-refractivity contribution in [3.63, 3.8) is 0 Å². The Morgan fingerprint density at radius 3 is 1.42 bits per heavy atom. The van der Waals surface area contributed by atoms with Crippen LogP contribution in [0.3, 0.4) is 0 Å². The lowest BCUT2D eigenvalue weighted by Gasteiger charge is -2.26. The first kappa shape index (κ1) is 27.9. The molecule has 6 rings (SSSR count). The second-order valence-electron chi connectivity index (χ2n) is 9.64. The Labute approximate surface area is 255 Å². The first-order chi connectivity index (χ1) is 21.1. The normalized spacial score (nSPS) is 13.5. The number of para-hydroxylation sites is 2. The van der Waals surface area contributed by atoms with Crippen LogP contribution in [0.15, 0.2) is 143 Å². The Balaban J connectivity index is 1.28. The third-order valence-corrected chi connectivity index (χ3v) is 7.91. The van der Waals surface area contributed by atoms with Gasteiger partial charge < -0.3 is 14.4 Å². The lowest BCUT2D eigenvalue weighted by Crippen LogP contribution is -2.21. The Hall–Kier alpha value is -5.27. The molecule has 1 aliphatic rings. The van der Waals surface area contributed by atoms with Crippen LogP contribution in [0.1, 0.15) is 5.56 Å². The highest BCUT2D eigenvalue weighted by Crippen LogP contribution is 2.38. The van der Waals surface area contributed by atoms with Crippen LogP contribution < -0.4 is 19.3 Å². The van der Waals surface area contributed by atoms with Crippen molar-refractivity contribution >= 4 is 57.3 Å². The van der Waals surface area contributed by atoms with E-state index in [-0.39, 0.29) is 5.91 Å². The highest BCUT2D eigenvalue weighted by atomic mass is 32.2. The molecule has 0 atom stereocenters. The van der Waals surface area contributed by atoms with Gasteiger partial charge in [0.25, 0.3) is 5.91 Å². The maximum Gasteiger partial charge on any atom is 0.286 e. The Kier molecular flexibility index (Phi) is 8.24. The van der Waals surface area contributed by atoms with Gasteiger partial charge in [0.2, 0.25) is 0 Å². The van der Waals surface area contributed by atoms with E-state index in [1.54, 1.807) is 14.2 Å². The molecule has 7 heteroatoms. The summed E-state index contributed by atoms with van der Waals surface area (Å²) < 4.78 is 10.7. The van der Waals surface area contributed by atoms with Crippen LogP contribution in [-0.4, -0.2) is 25.3 Å². The summed E-state index contributed by atoms with van der Waals surface area (Å²) in [6.07, 6.45) is 1.90. The van der Waals surface area contributed by atoms with Gasteiger partial charge in [-0.1, -0.05) is 48.5 Å². The molecule has 0 saturated carbocycles. The van der Waals surface area contributed by atoms with Gasteiger partial charge in [-0.2, -0.15) is 4.99 Å². The number of methoxy groups -OCH3 is 2. The smallest absolute Gasteiger partial charge is 0.286 e. The van der Waals surface area contributed by atoms with Gasteiger partial charge in [0.05, 0.1) is 19.1 Å². The molecule has 1 aliphatic heterocycles. The van der Waals surface area contributed by atoms with E-state index < -0.39 is 0 Å². The summed E-state index contributed by atoms with van der Waals surface area (Å²) in [5.74, 6) is 1.33. The summed E-state index contributed by atoms with van der Waals surface area (Å²) in [5, 5.41) is 0.621. The first-order valence-electron chi connectivity index (χ1n) is 13.7. The van der Waals surface area contributed by atoms with Crippen molar-refractivity contribution in [3.05, 3.63) is 144 Å². The average molecular weight is 584 g/mol. The van der Waals surface area contributed by atoms with Gasteiger partial charge in [0.1, 0.15) is 11.5 Å². The summed E-state index contributed by atoms with van der Waals surface area (Å²) in [5.41, 5.74) is 5.73. The monoisotopic (exact) mass is 583 g/mol. The average Bonchev–Trinajstić information content (AvgIpc) is 3.42. The molecular formula is C36H29N3O3S. The maximum atomic E-state index is 13.1. The zero-order chi connectivity index (χ0) is 29.6. The molecule has 5 aromatic rings. The van der Waals surface area contributed by atoms with Crippen molar-refractivity contribution < 1.29 is 14.3 Å². The molecule has 6 nitrogen and oxygen atoms in total. The molecule has 1 heterocycles. The molecular weight excluding hydrogens is 554 g/mol. The largest absolute Gasteiger partial charge is 0.497 e. The molecule has 0 aliphatic carbocycles. The van der Waals surface area contributed by atoms with Gasteiger partial charge in [-0.3, -0.25) is 9.69 Å². The minimum absolute atomic E-state index is 0.251. The first-order valence-corrected chi connectivity index (χ1v) is 14.6. The Bertz CT molecular complexity index is 1670. The number of hydrogen-bond donors (Lipinski definition) is 0. The van der Waals surface area contributed by atoms with Crippen molar-refractivity contribution in [2.75, 3.05) is 24.0 Å². The topological polar surface area (TPSA) is 54.4 Å². The molecule has 0 saturated heterocycles. The summed E-state index contributed by atoms with van der Waals surface area (Å²) in [7, 11) is 3.32. The number of amides is 1. The molecule has 5 aromatic carbocycles. The van der Waals surface area contributed by atoms with Gasteiger partial charge in [-0.25, -0.2) is 0 Å². The zero-order valence-electron chi connectivity index (χ0n) is 23.8. The van der Waals surface area contributed by atoms with E-state index in [1.807, 2.05) is 144 Å². The van der Waals surface area contributed by atoms with Gasteiger partial charge in [-0.05, 0) is 108 Å². The Morgan fingerprint density at radius 1 is 0.558 bits per heavy atom. The number of anilines is 5. The number of carbonyl (C=O) groups excluding carboxylic acids is 1. The number of amidine groups is 1. The lowest BCUT2D eigenvalue weighted by molar-refractivity contribution is -0.113. The molecule has 0 N–H and O–H groups in total. The predicted molar refractivity (Wildman–Crippen MR) is 177 cm³/mol. The van der Waals surface area contributed by atoms with E-state index in [0.29, 0.717) is 10.1 Å². The standard InChI is InChI=1S/C36H29N3O3S/c1-41-32-21-17-30(18-22-32)38(31-19-23-33(42-2)24-20-31)29-15-13-26(14-16-29)25-34-35(40)37-36(43-34)39(27-9-5-3-6-10-27)28-11-7-4-8-12-28/h3-25H,1-2H3. The quantitative estimate of drug-likeness (QED) is 0.170. The van der Waals surface area contributed by atoms with E-state index in [9.17, 15) is 4.79 Å². The second-order valence-corrected chi connectivity index (χ2v) is 10.6. The Morgan fingerprint density at radius 2 is 0.977 bits per heavy atom. The fourth-order valence-corrected chi connectivity index (χ4v) is 5.75. The molecule has 0 unspecified atom stereocenters. The number of benzene rings is 5. The minimum atomic E-state index is -0.251. The molecule has 0 radical (unpaired) electrons. The zero-order valence-corrected chi connectivity index (χ0v) is 24.6. The van der Waals surface area contributed by atoms with E-state index in [0.717, 1.165) is 45.5 Å². The lowest BCUT2D eigenvalue weighted by atomic mass is 10.1. The summed E-state index contributed by atoms with van der Waals surface area (Å²) in [6, 6.07) is 43.9. The van der Waals surface area contributed by atoms with Crippen LogP contribution in [0.2, 0.25) is 0 Å². The van der Waals surface area contributed by atoms with E-state index in [4.69, 9.17) is 9.47 Å². The van der Waals surface area contributed by atoms with E-state index in [1.165, 1.54) is 11.8 Å². The number of hydrogen-bond acceptors (Lipinski definition) is 6. The number of thioether (sulfide) groups is 1. The van der Waals surface area contributed by atoms with Gasteiger partial charge in [-0.15, -0.1) is 0 Å². The number of nitrogens with zero attached hydrogens (tertiary/aromatic N) is 3. The number of carbonyl (C=O) groups is 1. The molecule has 1 amide bonds. The van der Waals surface area contributed by atoms with Crippen molar-refractivity contribution in [2.45, 2.75) is 0 Å². The summed E-state index contributed by atoms with van der Waals surface area (Å²) >= 11 is 1.38. The fraction of sp³-hybridized carbons (Fsp3) is 0.0556. The fourth-order valence-electron chi connectivity index (χ4n) is 4.80. The van der Waals surface area contributed by atoms with Crippen molar-refractivity contribution in [1.29, 1.82) is 0 Å². The molecule has 43 heavy (non-hydrogen) atoms. The van der Waals surface area contributed by atoms with Crippen LogP contribution in [-0.2, 0) is 4.79 Å². The van der Waals surface area contributed by atoms with Gasteiger partial charge in [0, 0.05) is 28.4 Å². The SMILES string of the molecule is COc1ccc(N(c2ccc(C=C3SC(N(c4ccccc4)c4ccccc4)=NC3=O)cc2)c2ccc(OC)cc2)cc1. The summed E-state index contributed by atoms with van der Waals surface area (Å²) in [4.78, 5) is 22.3. The minimum Gasteiger partial charge on any atom is -0.497 e. The van der Waals surface area contributed by atoms with Crippen LogP contribution in [0.4, 0.5) is 28.4 Å². The van der Waals surface area contributed by atoms with Crippen molar-refractivity contribution in [1.82, 2.24) is 0 Å². The van der Waals surface area contributed by atoms with Gasteiger partial charge in [0.15, 0.2) is 5.17 Å². The van der Waals surface area contributed by atoms with Crippen molar-refractivity contribution in [2.24, 2.45) is 4.99 Å². The second kappa shape index (κ2) is 12.7. The van der Waals surface area contributed by atoms with E-state index >= 15 is 0 Å². The third kappa shape index (κ3) is 6.17. The highest BCUT2D eigenvalue weighted by Gasteiger charge is 2.28. The van der Waals surface area contributed by atoms with Crippen molar-refractivity contribution in [3.8, 4) is 11.5 Å². The predicted octanol–water partition coefficient (Wildman–Crippen LogP) is 8.98. The third-order valence-electron chi connectivity index (χ3n) is 6.94. The van der Waals surface area contributed by atoms with Crippen LogP contribution in [0, 0.1) is 0 Å². The van der Waals surface area contributed by atoms with Gasteiger partial charge >= 0.3 is 0 Å². The highest BCUT2D eigenvalue weighted by molar-refractivity contribution is 8.18. The van der Waals surface area contributed by atoms with E-state index in [2.05, 4.69) is 9.89 Å². The maximum absolute atomic E-state index is 13.1. The van der Waals surface area contributed by atoms with Crippen LogP contribution >= 0.6 is 11.8 Å². The molecule has 212 valence electrons. The number of aliphatic imine (C=N–C) groups is 1.